The Balaban J connectivity index is 2.14. The van der Waals surface area contributed by atoms with Crippen LogP contribution in [0.2, 0.25) is 0 Å². The molecule has 1 amide bonds. The summed E-state index contributed by atoms with van der Waals surface area (Å²) in [6, 6.07) is 12.8. The number of hydrogen-bond donors (Lipinski definition) is 2. The van der Waals surface area contributed by atoms with Gasteiger partial charge in [0.05, 0.1) is 13.7 Å². The minimum Gasteiger partial charge on any atom is -0.496 e. The number of anilines is 1. The summed E-state index contributed by atoms with van der Waals surface area (Å²) >= 11 is 0. The van der Waals surface area contributed by atoms with Crippen molar-refractivity contribution in [1.29, 1.82) is 0 Å². The summed E-state index contributed by atoms with van der Waals surface area (Å²) in [5, 5.41) is 12.1. The number of methoxy groups -OCH3 is 1. The van der Waals surface area contributed by atoms with E-state index in [1.165, 1.54) is 5.56 Å². The van der Waals surface area contributed by atoms with Gasteiger partial charge < -0.3 is 15.2 Å². The molecule has 2 aromatic carbocycles. The van der Waals surface area contributed by atoms with Crippen LogP contribution in [0.15, 0.2) is 42.5 Å². The Morgan fingerprint density at radius 2 is 1.86 bits per heavy atom. The van der Waals surface area contributed by atoms with Crippen LogP contribution in [0.5, 0.6) is 5.75 Å². The van der Waals surface area contributed by atoms with Crippen LogP contribution in [-0.2, 0) is 6.61 Å². The monoisotopic (exact) mass is 299 g/mol. The number of carbonyl (C=O) groups is 1. The van der Waals surface area contributed by atoms with Crippen molar-refractivity contribution in [3.63, 3.8) is 0 Å². The molecule has 0 heterocycles. The third-order valence-corrected chi connectivity index (χ3v) is 3.55. The lowest BCUT2D eigenvalue weighted by Crippen LogP contribution is -2.12. The molecule has 22 heavy (non-hydrogen) atoms. The van der Waals surface area contributed by atoms with E-state index in [1.54, 1.807) is 25.3 Å². The summed E-state index contributed by atoms with van der Waals surface area (Å²) in [5.74, 6) is 0.858. The lowest BCUT2D eigenvalue weighted by molar-refractivity contribution is 0.102. The molecule has 4 nitrogen and oxygen atoms in total. The third kappa shape index (κ3) is 3.65. The summed E-state index contributed by atoms with van der Waals surface area (Å²) in [6.45, 7) is 4.08. The lowest BCUT2D eigenvalue weighted by Gasteiger charge is -2.11. The van der Waals surface area contributed by atoms with Crippen molar-refractivity contribution in [2.75, 3.05) is 12.4 Å². The van der Waals surface area contributed by atoms with Gasteiger partial charge in [-0.3, -0.25) is 4.79 Å². The summed E-state index contributed by atoms with van der Waals surface area (Å²) in [4.78, 5) is 12.2. The Morgan fingerprint density at radius 3 is 2.41 bits per heavy atom. The molecular formula is C18H21NO3. The fourth-order valence-electron chi connectivity index (χ4n) is 2.20. The van der Waals surface area contributed by atoms with Crippen molar-refractivity contribution in [3.05, 3.63) is 59.2 Å². The van der Waals surface area contributed by atoms with Gasteiger partial charge in [-0.2, -0.15) is 0 Å². The summed E-state index contributed by atoms with van der Waals surface area (Å²) in [7, 11) is 1.54. The molecule has 116 valence electrons. The predicted octanol–water partition coefficient (Wildman–Crippen LogP) is 3.56. The summed E-state index contributed by atoms with van der Waals surface area (Å²) in [5.41, 5.74) is 3.06. The molecule has 2 N–H and O–H groups in total. The van der Waals surface area contributed by atoms with Crippen molar-refractivity contribution in [2.24, 2.45) is 0 Å². The first-order chi connectivity index (χ1) is 10.5. The normalized spacial score (nSPS) is 10.6. The van der Waals surface area contributed by atoms with E-state index in [0.29, 0.717) is 28.5 Å². The highest BCUT2D eigenvalue weighted by Crippen LogP contribution is 2.23. The number of amides is 1. The van der Waals surface area contributed by atoms with Gasteiger partial charge in [-0.1, -0.05) is 26.0 Å². The smallest absolute Gasteiger partial charge is 0.255 e. The van der Waals surface area contributed by atoms with Gasteiger partial charge in [0.25, 0.3) is 5.91 Å². The van der Waals surface area contributed by atoms with Gasteiger partial charge in [0.2, 0.25) is 0 Å². The van der Waals surface area contributed by atoms with Crippen LogP contribution < -0.4 is 10.1 Å². The second kappa shape index (κ2) is 7.09. The topological polar surface area (TPSA) is 58.6 Å². The number of ether oxygens (including phenoxy) is 1. The van der Waals surface area contributed by atoms with Crippen LogP contribution in [0.4, 0.5) is 5.69 Å². The quantitative estimate of drug-likeness (QED) is 0.887. The minimum atomic E-state index is -0.177. The average molecular weight is 299 g/mol. The van der Waals surface area contributed by atoms with E-state index in [1.807, 2.05) is 24.3 Å². The van der Waals surface area contributed by atoms with Crippen molar-refractivity contribution >= 4 is 11.6 Å². The zero-order valence-corrected chi connectivity index (χ0v) is 13.1. The van der Waals surface area contributed by atoms with E-state index in [4.69, 9.17) is 4.74 Å². The van der Waals surface area contributed by atoms with Gasteiger partial charge in [0.15, 0.2) is 0 Å². The Hall–Kier alpha value is -2.33. The fraction of sp³-hybridized carbons (Fsp3) is 0.278. The molecule has 0 aliphatic heterocycles. The van der Waals surface area contributed by atoms with Gasteiger partial charge in [-0.05, 0) is 41.8 Å². The van der Waals surface area contributed by atoms with E-state index < -0.39 is 0 Å². The molecule has 0 saturated carbocycles. The number of nitrogens with one attached hydrogen (secondary N) is 1. The number of rotatable bonds is 5. The molecule has 0 aromatic heterocycles. The Kier molecular flexibility index (Phi) is 5.17. The molecule has 0 radical (unpaired) electrons. The zero-order chi connectivity index (χ0) is 16.1. The lowest BCUT2D eigenvalue weighted by atomic mass is 10.0. The van der Waals surface area contributed by atoms with Crippen molar-refractivity contribution in [3.8, 4) is 5.75 Å². The van der Waals surface area contributed by atoms with Crippen LogP contribution >= 0.6 is 0 Å². The van der Waals surface area contributed by atoms with Crippen LogP contribution in [0, 0.1) is 0 Å². The number of benzene rings is 2. The Morgan fingerprint density at radius 1 is 1.18 bits per heavy atom. The molecule has 2 aromatic rings. The van der Waals surface area contributed by atoms with E-state index >= 15 is 0 Å². The number of aliphatic hydroxyl groups is 1. The Bertz CT molecular complexity index is 648. The van der Waals surface area contributed by atoms with Gasteiger partial charge in [-0.15, -0.1) is 0 Å². The summed E-state index contributed by atoms with van der Waals surface area (Å²) < 4.78 is 5.14. The zero-order valence-electron chi connectivity index (χ0n) is 13.1. The summed E-state index contributed by atoms with van der Waals surface area (Å²) in [6.07, 6.45) is 0. The predicted molar refractivity (Wildman–Crippen MR) is 87.4 cm³/mol. The van der Waals surface area contributed by atoms with Gasteiger partial charge in [0.1, 0.15) is 5.75 Å². The molecule has 0 atom stereocenters. The molecule has 0 aliphatic carbocycles. The highest BCUT2D eigenvalue weighted by molar-refractivity contribution is 6.04. The SMILES string of the molecule is COc1ccc(NC(=O)c2ccc(C(C)C)cc2)cc1CO. The second-order valence-corrected chi connectivity index (χ2v) is 5.42. The fourth-order valence-corrected chi connectivity index (χ4v) is 2.20. The van der Waals surface area contributed by atoms with Gasteiger partial charge >= 0.3 is 0 Å². The Labute approximate surface area is 130 Å². The third-order valence-electron chi connectivity index (χ3n) is 3.55. The first kappa shape index (κ1) is 16.0. The molecule has 0 spiro atoms. The molecule has 0 fully saturated rings. The largest absolute Gasteiger partial charge is 0.496 e. The van der Waals surface area contributed by atoms with Crippen molar-refractivity contribution < 1.29 is 14.6 Å². The van der Waals surface area contributed by atoms with Crippen LogP contribution in [0.25, 0.3) is 0 Å². The van der Waals surface area contributed by atoms with Crippen LogP contribution in [0.1, 0.15) is 41.3 Å². The first-order valence-electron chi connectivity index (χ1n) is 7.24. The first-order valence-corrected chi connectivity index (χ1v) is 7.24. The molecular weight excluding hydrogens is 278 g/mol. The average Bonchev–Trinajstić information content (AvgIpc) is 2.54. The molecule has 2 rings (SSSR count). The maximum Gasteiger partial charge on any atom is 0.255 e. The highest BCUT2D eigenvalue weighted by atomic mass is 16.5. The van der Waals surface area contributed by atoms with Crippen molar-refractivity contribution in [1.82, 2.24) is 0 Å². The molecule has 0 bridgehead atoms. The number of aliphatic hydroxyl groups excluding tert-OH is 1. The van der Waals surface area contributed by atoms with E-state index in [-0.39, 0.29) is 12.5 Å². The van der Waals surface area contributed by atoms with Crippen molar-refractivity contribution in [2.45, 2.75) is 26.4 Å². The molecule has 0 aliphatic rings. The molecule has 4 heteroatoms. The maximum atomic E-state index is 12.2. The highest BCUT2D eigenvalue weighted by Gasteiger charge is 2.09. The molecule has 0 unspecified atom stereocenters. The van der Waals surface area contributed by atoms with E-state index in [0.717, 1.165) is 0 Å². The minimum absolute atomic E-state index is 0.143. The maximum absolute atomic E-state index is 12.2. The number of hydrogen-bond acceptors (Lipinski definition) is 3. The van der Waals surface area contributed by atoms with Crippen LogP contribution in [-0.4, -0.2) is 18.1 Å². The van der Waals surface area contributed by atoms with Gasteiger partial charge in [-0.25, -0.2) is 0 Å². The van der Waals surface area contributed by atoms with Crippen LogP contribution in [0.3, 0.4) is 0 Å². The van der Waals surface area contributed by atoms with E-state index in [9.17, 15) is 9.90 Å². The van der Waals surface area contributed by atoms with Gasteiger partial charge in [0, 0.05) is 16.8 Å². The second-order valence-electron chi connectivity index (χ2n) is 5.42. The number of carbonyl (C=O) groups excluding carboxylic acids is 1. The molecule has 0 saturated heterocycles. The standard InChI is InChI=1S/C18H21NO3/c1-12(2)13-4-6-14(7-5-13)18(21)19-16-8-9-17(22-3)15(10-16)11-20/h4-10,12,20H,11H2,1-3H3,(H,19,21). The van der Waals surface area contributed by atoms with E-state index in [2.05, 4.69) is 19.2 Å².